The van der Waals surface area contributed by atoms with Gasteiger partial charge in [-0.05, 0) is 62.2 Å². The maximum atomic E-state index is 13.6. The van der Waals surface area contributed by atoms with Crippen LogP contribution in [-0.4, -0.2) is 34.9 Å². The summed E-state index contributed by atoms with van der Waals surface area (Å²) in [5, 5.41) is 3.35. The summed E-state index contributed by atoms with van der Waals surface area (Å²) in [5.74, 6) is -0.711. The summed E-state index contributed by atoms with van der Waals surface area (Å²) < 4.78 is 20.1. The van der Waals surface area contributed by atoms with Gasteiger partial charge in [-0.15, -0.1) is 0 Å². The number of nitrogens with one attached hydrogen (secondary N) is 1. The fraction of sp³-hybridized carbons (Fsp3) is 0.286. The number of benzene rings is 3. The van der Waals surface area contributed by atoms with E-state index < -0.39 is 17.5 Å². The summed E-state index contributed by atoms with van der Waals surface area (Å²) in [4.78, 5) is 28.5. The van der Waals surface area contributed by atoms with Crippen molar-refractivity contribution in [1.82, 2.24) is 10.2 Å². The third-order valence-corrected chi connectivity index (χ3v) is 6.07. The first-order valence-electron chi connectivity index (χ1n) is 11.5. The van der Waals surface area contributed by atoms with Crippen LogP contribution in [-0.2, 0) is 22.6 Å². The predicted molar refractivity (Wildman–Crippen MR) is 143 cm³/mol. The number of nitrogens with zero attached hydrogens (tertiary/aromatic N) is 1. The normalized spacial score (nSPS) is 12.1. The SMILES string of the molecule is CC(C)(C)NC(=O)C(Cc1ccccc1)N(Cc1ccc(F)cc1)C(=O)COc1ccc(Br)cc1Cl. The fourth-order valence-electron chi connectivity index (χ4n) is 3.61. The number of hydrogen-bond acceptors (Lipinski definition) is 3. The molecule has 0 aliphatic carbocycles. The molecule has 0 saturated heterocycles. The van der Waals surface area contributed by atoms with Crippen LogP contribution in [0.3, 0.4) is 0 Å². The molecule has 3 aromatic carbocycles. The fourth-order valence-corrected chi connectivity index (χ4v) is 4.34. The molecule has 5 nitrogen and oxygen atoms in total. The van der Waals surface area contributed by atoms with E-state index in [-0.39, 0.29) is 24.9 Å². The molecule has 36 heavy (non-hydrogen) atoms. The van der Waals surface area contributed by atoms with Gasteiger partial charge in [0, 0.05) is 23.0 Å². The zero-order valence-electron chi connectivity index (χ0n) is 20.4. The summed E-state index contributed by atoms with van der Waals surface area (Å²) >= 11 is 9.60. The van der Waals surface area contributed by atoms with Gasteiger partial charge in [0.05, 0.1) is 5.02 Å². The van der Waals surface area contributed by atoms with Gasteiger partial charge in [-0.1, -0.05) is 70.0 Å². The summed E-state index contributed by atoms with van der Waals surface area (Å²) in [6.07, 6.45) is 0.300. The van der Waals surface area contributed by atoms with E-state index in [4.69, 9.17) is 16.3 Å². The van der Waals surface area contributed by atoms with E-state index in [1.807, 2.05) is 51.1 Å². The van der Waals surface area contributed by atoms with Gasteiger partial charge in [0.1, 0.15) is 17.6 Å². The Morgan fingerprint density at radius 1 is 1.03 bits per heavy atom. The molecule has 8 heteroatoms. The van der Waals surface area contributed by atoms with Crippen molar-refractivity contribution in [2.24, 2.45) is 0 Å². The molecule has 0 spiro atoms. The lowest BCUT2D eigenvalue weighted by Gasteiger charge is -2.33. The Kier molecular flexibility index (Phi) is 9.51. The van der Waals surface area contributed by atoms with Crippen LogP contribution in [0.1, 0.15) is 31.9 Å². The van der Waals surface area contributed by atoms with Crippen molar-refractivity contribution in [3.63, 3.8) is 0 Å². The van der Waals surface area contributed by atoms with Crippen LogP contribution in [0, 0.1) is 5.82 Å². The molecule has 3 rings (SSSR count). The zero-order chi connectivity index (χ0) is 26.3. The lowest BCUT2D eigenvalue weighted by atomic mass is 10.0. The Balaban J connectivity index is 1.93. The molecule has 2 amide bonds. The molecular weight excluding hydrogens is 547 g/mol. The van der Waals surface area contributed by atoms with Crippen LogP contribution in [0.5, 0.6) is 5.75 Å². The second kappa shape index (κ2) is 12.4. The largest absolute Gasteiger partial charge is 0.482 e. The monoisotopic (exact) mass is 574 g/mol. The van der Waals surface area contributed by atoms with Gasteiger partial charge in [-0.2, -0.15) is 0 Å². The van der Waals surface area contributed by atoms with Gasteiger partial charge in [-0.25, -0.2) is 4.39 Å². The zero-order valence-corrected chi connectivity index (χ0v) is 22.8. The molecule has 0 aliphatic rings. The average Bonchev–Trinajstić information content (AvgIpc) is 2.81. The van der Waals surface area contributed by atoms with Crippen LogP contribution < -0.4 is 10.1 Å². The second-order valence-corrected chi connectivity index (χ2v) is 10.8. The second-order valence-electron chi connectivity index (χ2n) is 9.46. The topological polar surface area (TPSA) is 58.6 Å². The number of ether oxygens (including phenoxy) is 1. The minimum Gasteiger partial charge on any atom is -0.482 e. The van der Waals surface area contributed by atoms with E-state index in [1.165, 1.54) is 17.0 Å². The Morgan fingerprint density at radius 2 is 1.69 bits per heavy atom. The van der Waals surface area contributed by atoms with Crippen molar-refractivity contribution in [2.75, 3.05) is 6.61 Å². The Morgan fingerprint density at radius 3 is 2.31 bits per heavy atom. The van der Waals surface area contributed by atoms with E-state index >= 15 is 0 Å². The highest BCUT2D eigenvalue weighted by molar-refractivity contribution is 9.10. The van der Waals surface area contributed by atoms with Crippen LogP contribution in [0.4, 0.5) is 4.39 Å². The van der Waals surface area contributed by atoms with Crippen molar-refractivity contribution >= 4 is 39.3 Å². The quantitative estimate of drug-likeness (QED) is 0.332. The molecule has 0 fully saturated rings. The summed E-state index contributed by atoms with van der Waals surface area (Å²) in [5.41, 5.74) is 1.09. The molecule has 0 aromatic heterocycles. The molecule has 0 saturated carbocycles. The standard InChI is InChI=1S/C28H29BrClFN2O3/c1-28(2,3)32-27(35)24(15-19-7-5-4-6-8-19)33(17-20-9-12-22(31)13-10-20)26(34)18-36-25-14-11-21(29)16-23(25)30/h4-14,16,24H,15,17-18H2,1-3H3,(H,32,35). The number of carbonyl (C=O) groups is 2. The van der Waals surface area contributed by atoms with E-state index in [0.29, 0.717) is 22.8 Å². The minimum atomic E-state index is -0.826. The first kappa shape index (κ1) is 27.7. The van der Waals surface area contributed by atoms with Crippen LogP contribution in [0.15, 0.2) is 77.3 Å². The van der Waals surface area contributed by atoms with Crippen LogP contribution in [0.2, 0.25) is 5.02 Å². The average molecular weight is 576 g/mol. The smallest absolute Gasteiger partial charge is 0.261 e. The molecule has 0 heterocycles. The van der Waals surface area contributed by atoms with Crippen molar-refractivity contribution in [2.45, 2.75) is 45.3 Å². The van der Waals surface area contributed by atoms with Crippen molar-refractivity contribution < 1.29 is 18.7 Å². The Hall–Kier alpha value is -2.90. The summed E-state index contributed by atoms with van der Waals surface area (Å²) in [7, 11) is 0. The van der Waals surface area contributed by atoms with Crippen LogP contribution >= 0.6 is 27.5 Å². The molecule has 1 atom stereocenters. The highest BCUT2D eigenvalue weighted by Crippen LogP contribution is 2.28. The van der Waals surface area contributed by atoms with Crippen LogP contribution in [0.25, 0.3) is 0 Å². The summed E-state index contributed by atoms with van der Waals surface area (Å²) in [6.45, 7) is 5.43. The maximum absolute atomic E-state index is 13.6. The molecule has 190 valence electrons. The lowest BCUT2D eigenvalue weighted by Crippen LogP contribution is -2.55. The molecule has 1 unspecified atom stereocenters. The first-order valence-corrected chi connectivity index (χ1v) is 12.7. The third kappa shape index (κ3) is 8.35. The highest BCUT2D eigenvalue weighted by atomic mass is 79.9. The first-order chi connectivity index (χ1) is 17.0. The van der Waals surface area contributed by atoms with Gasteiger partial charge in [0.2, 0.25) is 5.91 Å². The lowest BCUT2D eigenvalue weighted by molar-refractivity contribution is -0.143. The Labute approximate surface area is 224 Å². The van der Waals surface area contributed by atoms with Gasteiger partial charge in [0.25, 0.3) is 5.91 Å². The molecule has 0 bridgehead atoms. The molecule has 1 N–H and O–H groups in total. The van der Waals surface area contributed by atoms with Gasteiger partial charge in [-0.3, -0.25) is 9.59 Å². The van der Waals surface area contributed by atoms with Gasteiger partial charge >= 0.3 is 0 Å². The number of rotatable bonds is 9. The molecule has 0 radical (unpaired) electrons. The predicted octanol–water partition coefficient (Wildman–Crippen LogP) is 6.18. The Bertz CT molecular complexity index is 1180. The number of amides is 2. The van der Waals surface area contributed by atoms with Crippen molar-refractivity contribution in [3.8, 4) is 5.75 Å². The number of carbonyl (C=O) groups excluding carboxylic acids is 2. The maximum Gasteiger partial charge on any atom is 0.261 e. The number of halogens is 3. The van der Waals surface area contributed by atoms with Gasteiger partial charge in [0.15, 0.2) is 6.61 Å². The molecular formula is C28H29BrClFN2O3. The molecule has 3 aromatic rings. The van der Waals surface area contributed by atoms with Gasteiger partial charge < -0.3 is 15.0 Å². The minimum absolute atomic E-state index is 0.103. The van der Waals surface area contributed by atoms with E-state index in [1.54, 1.807) is 30.3 Å². The van der Waals surface area contributed by atoms with E-state index in [2.05, 4.69) is 21.2 Å². The summed E-state index contributed by atoms with van der Waals surface area (Å²) in [6, 6.07) is 19.6. The van der Waals surface area contributed by atoms with E-state index in [9.17, 15) is 14.0 Å². The van der Waals surface area contributed by atoms with E-state index in [0.717, 1.165) is 10.0 Å². The molecule has 0 aliphatic heterocycles. The van der Waals surface area contributed by atoms with Crippen molar-refractivity contribution in [1.29, 1.82) is 0 Å². The highest BCUT2D eigenvalue weighted by Gasteiger charge is 2.32. The number of hydrogen-bond donors (Lipinski definition) is 1. The third-order valence-electron chi connectivity index (χ3n) is 5.28. The van der Waals surface area contributed by atoms with Crippen molar-refractivity contribution in [3.05, 3.63) is 99.2 Å².